The van der Waals surface area contributed by atoms with Crippen LogP contribution in [0.2, 0.25) is 0 Å². The zero-order chi connectivity index (χ0) is 16.5. The van der Waals surface area contributed by atoms with E-state index in [-0.39, 0.29) is 12.3 Å². The maximum atomic E-state index is 12.7. The minimum atomic E-state index is 0.0494. The molecule has 4 rings (SSSR count). The number of nitrogens with zero attached hydrogens (tertiary/aromatic N) is 6. The van der Waals surface area contributed by atoms with Gasteiger partial charge in [-0.25, -0.2) is 9.67 Å². The lowest BCUT2D eigenvalue weighted by Crippen LogP contribution is -2.01. The lowest BCUT2D eigenvalue weighted by molar-refractivity contribution is 0.853. The Labute approximate surface area is 140 Å². The molecule has 0 atom stereocenters. The number of fused-ring (bicyclic) bond motifs is 1. The van der Waals surface area contributed by atoms with Gasteiger partial charge in [0.1, 0.15) is 0 Å². The Morgan fingerprint density at radius 2 is 2.04 bits per heavy atom. The first-order valence-corrected chi connectivity index (χ1v) is 7.65. The minimum absolute atomic E-state index is 0.0494. The van der Waals surface area contributed by atoms with Gasteiger partial charge in [0.2, 0.25) is 0 Å². The summed E-state index contributed by atoms with van der Waals surface area (Å²) in [6.07, 6.45) is 4.86. The highest BCUT2D eigenvalue weighted by Gasteiger charge is 2.11. The second-order valence-corrected chi connectivity index (χ2v) is 5.53. The van der Waals surface area contributed by atoms with Gasteiger partial charge in [-0.15, -0.1) is 3.89 Å². The molecular weight excluding hydrogens is 327 g/mol. The monoisotopic (exact) mass is 336 g/mol. The summed E-state index contributed by atoms with van der Waals surface area (Å²) in [5, 5.41) is 18.3. The van der Waals surface area contributed by atoms with E-state index in [0.717, 1.165) is 16.6 Å². The number of halogens is 1. The summed E-state index contributed by atoms with van der Waals surface area (Å²) in [6, 6.07) is 12.9. The van der Waals surface area contributed by atoms with Crippen LogP contribution in [0.25, 0.3) is 28.0 Å². The van der Waals surface area contributed by atoms with Gasteiger partial charge in [0.25, 0.3) is 0 Å². The van der Waals surface area contributed by atoms with E-state index < -0.39 is 0 Å². The van der Waals surface area contributed by atoms with Crippen LogP contribution in [-0.2, 0) is 0 Å². The Balaban J connectivity index is 1.83. The Morgan fingerprint density at radius 3 is 2.88 bits per heavy atom. The lowest BCUT2D eigenvalue weighted by Gasteiger charge is -2.07. The number of hydrogen-bond donors (Lipinski definition) is 0. The Kier molecular flexibility index (Phi) is 3.48. The highest BCUT2D eigenvalue weighted by atomic mass is 32.2. The van der Waals surface area contributed by atoms with E-state index in [1.807, 2.05) is 24.3 Å². The standard InChI is InChI=1S/C16H9FN6S/c17-24-22-10-13-2-1-12(8-14(13)21-22)15-4-6-20-23(15)16-7-11(9-18)3-5-19-16/h1-8,10H. The van der Waals surface area contributed by atoms with Gasteiger partial charge in [-0.1, -0.05) is 12.1 Å². The zero-order valence-corrected chi connectivity index (χ0v) is 13.0. The van der Waals surface area contributed by atoms with Gasteiger partial charge in [0, 0.05) is 29.4 Å². The van der Waals surface area contributed by atoms with Crippen LogP contribution in [0.5, 0.6) is 0 Å². The van der Waals surface area contributed by atoms with Crippen molar-refractivity contribution in [2.45, 2.75) is 0 Å². The summed E-state index contributed by atoms with van der Waals surface area (Å²) in [6.45, 7) is 0. The van der Waals surface area contributed by atoms with Crippen molar-refractivity contribution in [2.24, 2.45) is 0 Å². The second kappa shape index (κ2) is 5.79. The summed E-state index contributed by atoms with van der Waals surface area (Å²) >= 11 is 0.0494. The van der Waals surface area contributed by atoms with Crippen molar-refractivity contribution in [1.82, 2.24) is 24.0 Å². The van der Waals surface area contributed by atoms with E-state index in [1.165, 1.54) is 4.09 Å². The van der Waals surface area contributed by atoms with Crippen LogP contribution < -0.4 is 0 Å². The first kappa shape index (κ1) is 14.4. The van der Waals surface area contributed by atoms with Gasteiger partial charge in [0.05, 0.1) is 29.0 Å². The van der Waals surface area contributed by atoms with Crippen molar-refractivity contribution in [3.63, 3.8) is 0 Å². The van der Waals surface area contributed by atoms with E-state index in [0.29, 0.717) is 16.9 Å². The molecule has 0 spiro atoms. The van der Waals surface area contributed by atoms with Crippen molar-refractivity contribution >= 4 is 23.2 Å². The Bertz CT molecular complexity index is 1080. The maximum Gasteiger partial charge on any atom is 0.187 e. The average molecular weight is 336 g/mol. The fraction of sp³-hybridized carbons (Fsp3) is 0. The molecule has 3 aromatic heterocycles. The molecule has 0 aliphatic carbocycles. The van der Waals surface area contributed by atoms with Gasteiger partial charge in [-0.05, 0) is 18.2 Å². The Morgan fingerprint density at radius 1 is 1.12 bits per heavy atom. The van der Waals surface area contributed by atoms with Gasteiger partial charge in [-0.2, -0.15) is 19.5 Å². The summed E-state index contributed by atoms with van der Waals surface area (Å²) in [7, 11) is 0. The first-order chi connectivity index (χ1) is 11.8. The molecule has 24 heavy (non-hydrogen) atoms. The molecule has 0 unspecified atom stereocenters. The zero-order valence-electron chi connectivity index (χ0n) is 12.2. The molecule has 116 valence electrons. The molecule has 1 aromatic carbocycles. The third-order valence-electron chi connectivity index (χ3n) is 3.59. The molecule has 4 aromatic rings. The van der Waals surface area contributed by atoms with Crippen molar-refractivity contribution in [1.29, 1.82) is 5.26 Å². The number of rotatable bonds is 3. The predicted octanol–water partition coefficient (Wildman–Crippen LogP) is 3.54. The Hall–Kier alpha value is -3.18. The van der Waals surface area contributed by atoms with E-state index in [9.17, 15) is 3.89 Å². The average Bonchev–Trinajstić information content (AvgIpc) is 3.27. The molecule has 0 amide bonds. The second-order valence-electron chi connectivity index (χ2n) is 5.02. The van der Waals surface area contributed by atoms with Crippen LogP contribution in [0, 0.1) is 11.3 Å². The van der Waals surface area contributed by atoms with Crippen LogP contribution in [0.4, 0.5) is 3.89 Å². The molecule has 0 fully saturated rings. The number of benzene rings is 1. The number of aromatic nitrogens is 5. The first-order valence-electron chi connectivity index (χ1n) is 6.98. The van der Waals surface area contributed by atoms with Crippen molar-refractivity contribution < 1.29 is 3.89 Å². The molecule has 0 aliphatic heterocycles. The van der Waals surface area contributed by atoms with Crippen molar-refractivity contribution in [2.75, 3.05) is 0 Å². The van der Waals surface area contributed by atoms with E-state index in [2.05, 4.69) is 21.3 Å². The van der Waals surface area contributed by atoms with Gasteiger partial charge < -0.3 is 0 Å². The lowest BCUT2D eigenvalue weighted by atomic mass is 10.1. The third-order valence-corrected chi connectivity index (χ3v) is 3.92. The van der Waals surface area contributed by atoms with Gasteiger partial charge in [0.15, 0.2) is 18.2 Å². The molecule has 0 saturated carbocycles. The summed E-state index contributed by atoms with van der Waals surface area (Å²) < 4.78 is 15.5. The highest BCUT2D eigenvalue weighted by Crippen LogP contribution is 2.26. The summed E-state index contributed by atoms with van der Waals surface area (Å²) in [5.74, 6) is 0.555. The molecule has 0 saturated heterocycles. The molecule has 8 heteroatoms. The summed E-state index contributed by atoms with van der Waals surface area (Å²) in [5.41, 5.74) is 2.87. The number of hydrogen-bond acceptors (Lipinski definition) is 5. The highest BCUT2D eigenvalue weighted by molar-refractivity contribution is 7.92. The van der Waals surface area contributed by atoms with Crippen LogP contribution in [0.15, 0.2) is 55.0 Å². The van der Waals surface area contributed by atoms with Crippen molar-refractivity contribution in [3.8, 4) is 23.1 Å². The van der Waals surface area contributed by atoms with Crippen LogP contribution in [0.1, 0.15) is 5.56 Å². The molecule has 0 radical (unpaired) electrons. The maximum absolute atomic E-state index is 12.7. The SMILES string of the molecule is N#Cc1ccnc(-n2nccc2-c2ccc3cn(SF)nc3c2)c1. The molecular formula is C16H9FN6S. The normalized spacial score (nSPS) is 10.8. The van der Waals surface area contributed by atoms with Crippen LogP contribution in [0.3, 0.4) is 0 Å². The van der Waals surface area contributed by atoms with Crippen LogP contribution in [-0.4, -0.2) is 24.0 Å². The smallest absolute Gasteiger partial charge is 0.187 e. The minimum Gasteiger partial charge on any atom is -0.237 e. The fourth-order valence-corrected chi connectivity index (χ4v) is 2.77. The molecule has 0 bridgehead atoms. The van der Waals surface area contributed by atoms with Gasteiger partial charge in [-0.3, -0.25) is 0 Å². The predicted molar refractivity (Wildman–Crippen MR) is 88.9 cm³/mol. The quantitative estimate of drug-likeness (QED) is 0.572. The largest absolute Gasteiger partial charge is 0.237 e. The topological polar surface area (TPSA) is 72.3 Å². The molecule has 0 aliphatic rings. The molecule has 6 nitrogen and oxygen atoms in total. The van der Waals surface area contributed by atoms with Crippen LogP contribution >= 0.6 is 12.3 Å². The molecule has 0 N–H and O–H groups in total. The van der Waals surface area contributed by atoms with Gasteiger partial charge >= 0.3 is 0 Å². The van der Waals surface area contributed by atoms with E-state index in [4.69, 9.17) is 5.26 Å². The number of pyridine rings is 1. The molecule has 3 heterocycles. The third kappa shape index (κ3) is 2.41. The van der Waals surface area contributed by atoms with Crippen molar-refractivity contribution in [3.05, 3.63) is 60.6 Å². The van der Waals surface area contributed by atoms with E-state index >= 15 is 0 Å². The summed E-state index contributed by atoms with van der Waals surface area (Å²) in [4.78, 5) is 4.27. The van der Waals surface area contributed by atoms with E-state index in [1.54, 1.807) is 35.4 Å². The fourth-order valence-electron chi connectivity index (χ4n) is 2.50. The number of nitriles is 1.